The molecule has 3 rings (SSSR count). The van der Waals surface area contributed by atoms with Gasteiger partial charge < -0.3 is 9.64 Å². The van der Waals surface area contributed by atoms with E-state index in [1.165, 1.54) is 0 Å². The van der Waals surface area contributed by atoms with Crippen LogP contribution in [-0.4, -0.2) is 45.6 Å². The van der Waals surface area contributed by atoms with E-state index < -0.39 is 0 Å². The molecule has 0 aliphatic carbocycles. The molecule has 2 aromatic rings. The van der Waals surface area contributed by atoms with Gasteiger partial charge >= 0.3 is 0 Å². The summed E-state index contributed by atoms with van der Waals surface area (Å²) in [6.45, 7) is 9.02. The highest BCUT2D eigenvalue weighted by Crippen LogP contribution is 2.27. The third-order valence-corrected chi connectivity index (χ3v) is 3.75. The molecule has 6 nitrogen and oxygen atoms in total. The minimum absolute atomic E-state index is 0.318. The van der Waals surface area contributed by atoms with Gasteiger partial charge in [0.15, 0.2) is 0 Å². The Kier molecular flexibility index (Phi) is 3.56. The van der Waals surface area contributed by atoms with Gasteiger partial charge in [0, 0.05) is 19.7 Å². The third-order valence-electron chi connectivity index (χ3n) is 3.75. The normalized spacial score (nSPS) is 19.4. The largest absolute Gasteiger partial charge is 0.377 e. The topological polar surface area (TPSA) is 55.5 Å². The predicted octanol–water partition coefficient (Wildman–Crippen LogP) is 1.86. The number of ether oxygens (including phenoxy) is 1. The lowest BCUT2D eigenvalue weighted by Gasteiger charge is -2.20. The Balaban J connectivity index is 1.96. The lowest BCUT2D eigenvalue weighted by molar-refractivity contribution is 0.0788. The highest BCUT2D eigenvalue weighted by molar-refractivity contribution is 5.68. The fraction of sp³-hybridized carbons (Fsp3) is 0.643. The summed E-state index contributed by atoms with van der Waals surface area (Å²) in [6.07, 6.45) is 3.05. The summed E-state index contributed by atoms with van der Waals surface area (Å²) in [5.74, 6) is 0.380. The quantitative estimate of drug-likeness (QED) is 0.852. The monoisotopic (exact) mass is 275 g/mol. The van der Waals surface area contributed by atoms with Crippen LogP contribution >= 0.6 is 0 Å². The number of rotatable bonds is 4. The maximum absolute atomic E-state index is 5.73. The summed E-state index contributed by atoms with van der Waals surface area (Å²) in [5.41, 5.74) is 3.00. The number of nitrogens with zero attached hydrogens (tertiary/aromatic N) is 5. The van der Waals surface area contributed by atoms with Crippen LogP contribution in [0.4, 0.5) is 5.69 Å². The van der Waals surface area contributed by atoms with Crippen LogP contribution in [-0.2, 0) is 4.74 Å². The molecule has 1 unspecified atom stereocenters. The molecule has 0 spiro atoms. The van der Waals surface area contributed by atoms with E-state index in [0.29, 0.717) is 12.0 Å². The highest BCUT2D eigenvalue weighted by atomic mass is 16.5. The third kappa shape index (κ3) is 2.35. The van der Waals surface area contributed by atoms with Gasteiger partial charge in [0.25, 0.3) is 0 Å². The first kappa shape index (κ1) is 13.3. The zero-order valence-electron chi connectivity index (χ0n) is 12.3. The molecule has 0 aromatic carbocycles. The van der Waals surface area contributed by atoms with E-state index in [2.05, 4.69) is 40.1 Å². The van der Waals surface area contributed by atoms with E-state index in [-0.39, 0.29) is 0 Å². The summed E-state index contributed by atoms with van der Waals surface area (Å²) in [4.78, 5) is 2.33. The summed E-state index contributed by atoms with van der Waals surface area (Å²) < 4.78 is 7.50. The molecule has 2 aromatic heterocycles. The fourth-order valence-electron chi connectivity index (χ4n) is 2.66. The molecule has 0 saturated carbocycles. The van der Waals surface area contributed by atoms with Crippen molar-refractivity contribution in [2.75, 3.05) is 24.6 Å². The molecule has 3 heterocycles. The molecule has 0 amide bonds. The van der Waals surface area contributed by atoms with E-state index >= 15 is 0 Å². The maximum Gasteiger partial charge on any atom is 0.200 e. The van der Waals surface area contributed by atoms with Crippen LogP contribution in [0.15, 0.2) is 12.4 Å². The smallest absolute Gasteiger partial charge is 0.200 e. The van der Waals surface area contributed by atoms with Gasteiger partial charge in [0.1, 0.15) is 6.33 Å². The lowest BCUT2D eigenvalue weighted by atomic mass is 10.1. The Hall–Kier alpha value is -1.69. The molecule has 0 N–H and O–H groups in total. The van der Waals surface area contributed by atoms with E-state index in [4.69, 9.17) is 4.74 Å². The first-order valence-electron chi connectivity index (χ1n) is 7.26. The molecule has 6 heteroatoms. The molecular formula is C14H21N5O. The van der Waals surface area contributed by atoms with Crippen LogP contribution < -0.4 is 4.90 Å². The first-order valence-corrected chi connectivity index (χ1v) is 7.26. The van der Waals surface area contributed by atoms with E-state index in [1.807, 2.05) is 6.92 Å². The Morgan fingerprint density at radius 3 is 3.05 bits per heavy atom. The average molecular weight is 275 g/mol. The van der Waals surface area contributed by atoms with Crippen molar-refractivity contribution in [3.8, 4) is 0 Å². The van der Waals surface area contributed by atoms with E-state index in [1.54, 1.807) is 10.8 Å². The van der Waals surface area contributed by atoms with Gasteiger partial charge in [-0.2, -0.15) is 9.61 Å². The minimum atomic E-state index is 0.318. The maximum atomic E-state index is 5.73. The van der Waals surface area contributed by atoms with Crippen molar-refractivity contribution in [2.24, 2.45) is 0 Å². The molecule has 1 fully saturated rings. The number of fused-ring (bicyclic) bond motifs is 1. The highest BCUT2D eigenvalue weighted by Gasteiger charge is 2.25. The average Bonchev–Trinajstić information content (AvgIpc) is 3.06. The van der Waals surface area contributed by atoms with Gasteiger partial charge in [-0.25, -0.2) is 0 Å². The Labute approximate surface area is 118 Å². The lowest BCUT2D eigenvalue weighted by Crippen LogP contribution is -2.24. The summed E-state index contributed by atoms with van der Waals surface area (Å²) in [5, 5.41) is 12.7. The van der Waals surface area contributed by atoms with Crippen molar-refractivity contribution in [3.63, 3.8) is 0 Å². The molecular weight excluding hydrogens is 254 g/mol. The fourth-order valence-corrected chi connectivity index (χ4v) is 2.66. The second-order valence-corrected chi connectivity index (χ2v) is 5.52. The van der Waals surface area contributed by atoms with Crippen LogP contribution in [0.2, 0.25) is 0 Å². The van der Waals surface area contributed by atoms with Gasteiger partial charge in [-0.15, -0.1) is 10.2 Å². The zero-order valence-corrected chi connectivity index (χ0v) is 12.3. The zero-order chi connectivity index (χ0) is 14.1. The van der Waals surface area contributed by atoms with Gasteiger partial charge in [-0.3, -0.25) is 0 Å². The van der Waals surface area contributed by atoms with Crippen LogP contribution in [0.5, 0.6) is 0 Å². The van der Waals surface area contributed by atoms with Gasteiger partial charge in [-0.1, -0.05) is 13.8 Å². The standard InChI is InChI=1S/C14H21N5O/c1-4-20-11-5-6-18(8-11)13-7-12(10(2)3)17-19-9-15-16-14(13)19/h7,9-11H,4-6,8H2,1-3H3. The van der Waals surface area contributed by atoms with Crippen molar-refractivity contribution >= 4 is 11.3 Å². The SMILES string of the molecule is CCOC1CCN(c2cc(C(C)C)nn3cnnc23)C1. The van der Waals surface area contributed by atoms with Crippen molar-refractivity contribution in [3.05, 3.63) is 18.1 Å². The van der Waals surface area contributed by atoms with E-state index in [0.717, 1.165) is 43.1 Å². The molecule has 0 bridgehead atoms. The number of aromatic nitrogens is 4. The van der Waals surface area contributed by atoms with Gasteiger partial charge in [0.2, 0.25) is 5.65 Å². The Bertz CT molecular complexity index is 594. The van der Waals surface area contributed by atoms with Crippen molar-refractivity contribution in [1.29, 1.82) is 0 Å². The predicted molar refractivity (Wildman–Crippen MR) is 77.1 cm³/mol. The second-order valence-electron chi connectivity index (χ2n) is 5.52. The first-order chi connectivity index (χ1) is 9.69. The second kappa shape index (κ2) is 5.36. The Morgan fingerprint density at radius 2 is 2.30 bits per heavy atom. The van der Waals surface area contributed by atoms with Gasteiger partial charge in [0.05, 0.1) is 17.5 Å². The summed E-state index contributed by atoms with van der Waals surface area (Å²) in [7, 11) is 0. The van der Waals surface area contributed by atoms with Crippen LogP contribution in [0.1, 0.15) is 38.8 Å². The van der Waals surface area contributed by atoms with Crippen molar-refractivity contribution in [2.45, 2.75) is 39.2 Å². The molecule has 108 valence electrons. The number of hydrogen-bond acceptors (Lipinski definition) is 5. The molecule has 20 heavy (non-hydrogen) atoms. The number of hydrogen-bond donors (Lipinski definition) is 0. The molecule has 0 radical (unpaired) electrons. The van der Waals surface area contributed by atoms with Crippen LogP contribution in [0.3, 0.4) is 0 Å². The Morgan fingerprint density at radius 1 is 1.45 bits per heavy atom. The van der Waals surface area contributed by atoms with Crippen molar-refractivity contribution in [1.82, 2.24) is 19.8 Å². The number of anilines is 1. The van der Waals surface area contributed by atoms with Gasteiger partial charge in [-0.05, 0) is 25.3 Å². The molecule has 1 saturated heterocycles. The van der Waals surface area contributed by atoms with E-state index in [9.17, 15) is 0 Å². The minimum Gasteiger partial charge on any atom is -0.377 e. The van der Waals surface area contributed by atoms with Crippen LogP contribution in [0.25, 0.3) is 5.65 Å². The van der Waals surface area contributed by atoms with Crippen LogP contribution in [0, 0.1) is 0 Å². The molecule has 1 aliphatic heterocycles. The summed E-state index contributed by atoms with van der Waals surface area (Å²) >= 11 is 0. The molecule has 1 aliphatic rings. The molecule has 1 atom stereocenters. The summed E-state index contributed by atoms with van der Waals surface area (Å²) in [6, 6.07) is 2.14. The van der Waals surface area contributed by atoms with Crippen molar-refractivity contribution < 1.29 is 4.74 Å².